The highest BCUT2D eigenvalue weighted by Gasteiger charge is 2.16. The Morgan fingerprint density at radius 3 is 2.41 bits per heavy atom. The number of carbonyl (C=O) groups is 2. The maximum atomic E-state index is 12.2. The van der Waals surface area contributed by atoms with E-state index in [4.69, 9.17) is 0 Å². The van der Waals surface area contributed by atoms with Gasteiger partial charge in [0.2, 0.25) is 5.91 Å². The first-order chi connectivity index (χ1) is 10.7. The van der Waals surface area contributed by atoms with Crippen LogP contribution in [0.1, 0.15) is 48.9 Å². The van der Waals surface area contributed by atoms with Crippen LogP contribution in [0.4, 0.5) is 5.69 Å². The van der Waals surface area contributed by atoms with Crippen LogP contribution in [-0.4, -0.2) is 31.4 Å². The van der Waals surface area contributed by atoms with E-state index in [1.807, 2.05) is 7.05 Å². The minimum atomic E-state index is -0.0336. The molecule has 1 saturated carbocycles. The van der Waals surface area contributed by atoms with Gasteiger partial charge in [-0.05, 0) is 44.2 Å². The molecule has 0 aromatic heterocycles. The topological polar surface area (TPSA) is 70.2 Å². The minimum absolute atomic E-state index is 0.0278. The summed E-state index contributed by atoms with van der Waals surface area (Å²) < 4.78 is 0. The number of hydrogen-bond acceptors (Lipinski definition) is 3. The molecule has 0 aliphatic heterocycles. The van der Waals surface area contributed by atoms with Gasteiger partial charge in [-0.1, -0.05) is 19.3 Å². The molecule has 5 heteroatoms. The molecule has 2 amide bonds. The standard InChI is InChI=1S/C17H25N3O2/c1-18-12-11-16(21)19-15-9-7-13(8-10-15)17(22)20-14-5-3-2-4-6-14/h7-10,14,18H,2-6,11-12H2,1H3,(H,19,21)(H,20,22). The third-order valence-electron chi connectivity index (χ3n) is 3.97. The lowest BCUT2D eigenvalue weighted by Gasteiger charge is -2.22. The van der Waals surface area contributed by atoms with Crippen LogP contribution in [-0.2, 0) is 4.79 Å². The summed E-state index contributed by atoms with van der Waals surface area (Å²) >= 11 is 0. The van der Waals surface area contributed by atoms with E-state index in [0.29, 0.717) is 24.6 Å². The Bertz CT molecular complexity index is 493. The second-order valence-corrected chi connectivity index (χ2v) is 5.79. The van der Waals surface area contributed by atoms with Crippen molar-refractivity contribution in [3.8, 4) is 0 Å². The van der Waals surface area contributed by atoms with Gasteiger partial charge in [0, 0.05) is 30.3 Å². The molecular weight excluding hydrogens is 278 g/mol. The predicted octanol–water partition coefficient (Wildman–Crippen LogP) is 2.30. The molecule has 0 heterocycles. The molecule has 0 unspecified atom stereocenters. The summed E-state index contributed by atoms with van der Waals surface area (Å²) in [6.45, 7) is 0.647. The lowest BCUT2D eigenvalue weighted by atomic mass is 9.95. The first kappa shape index (κ1) is 16.5. The summed E-state index contributed by atoms with van der Waals surface area (Å²) in [4.78, 5) is 23.8. The Morgan fingerprint density at radius 1 is 1.09 bits per heavy atom. The molecule has 0 saturated heterocycles. The molecule has 1 aromatic carbocycles. The summed E-state index contributed by atoms with van der Waals surface area (Å²) in [6, 6.07) is 7.36. The van der Waals surface area contributed by atoms with E-state index in [-0.39, 0.29) is 11.8 Å². The Balaban J connectivity index is 1.85. The highest BCUT2D eigenvalue weighted by Crippen LogP contribution is 2.18. The highest BCUT2D eigenvalue weighted by molar-refractivity contribution is 5.96. The van der Waals surface area contributed by atoms with Crippen molar-refractivity contribution in [2.75, 3.05) is 18.9 Å². The molecule has 1 aromatic rings. The quantitative estimate of drug-likeness (QED) is 0.755. The Hall–Kier alpha value is -1.88. The van der Waals surface area contributed by atoms with Gasteiger partial charge in [0.05, 0.1) is 0 Å². The van der Waals surface area contributed by atoms with Crippen molar-refractivity contribution in [1.82, 2.24) is 10.6 Å². The number of nitrogens with one attached hydrogen (secondary N) is 3. The van der Waals surface area contributed by atoms with Crippen LogP contribution >= 0.6 is 0 Å². The van der Waals surface area contributed by atoms with Crippen LogP contribution in [0.2, 0.25) is 0 Å². The molecule has 0 radical (unpaired) electrons. The van der Waals surface area contributed by atoms with Gasteiger partial charge < -0.3 is 16.0 Å². The third-order valence-corrected chi connectivity index (χ3v) is 3.97. The van der Waals surface area contributed by atoms with Crippen molar-refractivity contribution in [2.45, 2.75) is 44.6 Å². The Labute approximate surface area is 131 Å². The van der Waals surface area contributed by atoms with Crippen LogP contribution in [0.25, 0.3) is 0 Å². The second-order valence-electron chi connectivity index (χ2n) is 5.79. The predicted molar refractivity (Wildman–Crippen MR) is 88.0 cm³/mol. The third kappa shape index (κ3) is 5.15. The number of benzene rings is 1. The number of anilines is 1. The number of rotatable bonds is 6. The molecule has 0 bridgehead atoms. The average molecular weight is 303 g/mol. The van der Waals surface area contributed by atoms with Gasteiger partial charge in [-0.15, -0.1) is 0 Å². The van der Waals surface area contributed by atoms with E-state index >= 15 is 0 Å². The van der Waals surface area contributed by atoms with Crippen molar-refractivity contribution >= 4 is 17.5 Å². The zero-order chi connectivity index (χ0) is 15.8. The van der Waals surface area contributed by atoms with Gasteiger partial charge in [-0.3, -0.25) is 9.59 Å². The summed E-state index contributed by atoms with van der Waals surface area (Å²) in [5.41, 5.74) is 1.36. The summed E-state index contributed by atoms with van der Waals surface area (Å²) in [5, 5.41) is 8.84. The van der Waals surface area contributed by atoms with Crippen LogP contribution in [0.15, 0.2) is 24.3 Å². The van der Waals surface area contributed by atoms with Gasteiger partial charge in [0.25, 0.3) is 5.91 Å². The zero-order valence-electron chi connectivity index (χ0n) is 13.2. The highest BCUT2D eigenvalue weighted by atomic mass is 16.2. The molecule has 3 N–H and O–H groups in total. The van der Waals surface area contributed by atoms with Crippen molar-refractivity contribution in [3.63, 3.8) is 0 Å². The van der Waals surface area contributed by atoms with E-state index in [2.05, 4.69) is 16.0 Å². The summed E-state index contributed by atoms with van der Waals surface area (Å²) in [7, 11) is 1.81. The van der Waals surface area contributed by atoms with Crippen LogP contribution < -0.4 is 16.0 Å². The molecule has 1 fully saturated rings. The largest absolute Gasteiger partial charge is 0.349 e. The maximum Gasteiger partial charge on any atom is 0.251 e. The van der Waals surface area contributed by atoms with E-state index in [1.165, 1.54) is 19.3 Å². The fraction of sp³-hybridized carbons (Fsp3) is 0.529. The second kappa shape index (κ2) is 8.54. The van der Waals surface area contributed by atoms with Gasteiger partial charge >= 0.3 is 0 Å². The smallest absolute Gasteiger partial charge is 0.251 e. The number of hydrogen-bond donors (Lipinski definition) is 3. The number of amides is 2. The van der Waals surface area contributed by atoms with Crippen LogP contribution in [0.3, 0.4) is 0 Å². The van der Waals surface area contributed by atoms with Gasteiger partial charge in [0.15, 0.2) is 0 Å². The first-order valence-corrected chi connectivity index (χ1v) is 8.04. The molecule has 1 aliphatic rings. The van der Waals surface area contributed by atoms with Crippen LogP contribution in [0, 0.1) is 0 Å². The van der Waals surface area contributed by atoms with Crippen molar-refractivity contribution in [1.29, 1.82) is 0 Å². The molecular formula is C17H25N3O2. The monoisotopic (exact) mass is 303 g/mol. The zero-order valence-corrected chi connectivity index (χ0v) is 13.2. The summed E-state index contributed by atoms with van der Waals surface area (Å²) in [5.74, 6) is -0.0614. The molecule has 2 rings (SSSR count). The number of carbonyl (C=O) groups excluding carboxylic acids is 2. The molecule has 5 nitrogen and oxygen atoms in total. The fourth-order valence-corrected chi connectivity index (χ4v) is 2.68. The molecule has 120 valence electrons. The van der Waals surface area contributed by atoms with Gasteiger partial charge in [-0.25, -0.2) is 0 Å². The van der Waals surface area contributed by atoms with Crippen molar-refractivity contribution < 1.29 is 9.59 Å². The SMILES string of the molecule is CNCCC(=O)Nc1ccc(C(=O)NC2CCCCC2)cc1. The lowest BCUT2D eigenvalue weighted by Crippen LogP contribution is -2.36. The molecule has 22 heavy (non-hydrogen) atoms. The van der Waals surface area contributed by atoms with Crippen molar-refractivity contribution in [2.24, 2.45) is 0 Å². The first-order valence-electron chi connectivity index (χ1n) is 8.04. The average Bonchev–Trinajstić information content (AvgIpc) is 2.54. The molecule has 0 atom stereocenters. The maximum absolute atomic E-state index is 12.2. The fourth-order valence-electron chi connectivity index (χ4n) is 2.68. The lowest BCUT2D eigenvalue weighted by molar-refractivity contribution is -0.116. The van der Waals surface area contributed by atoms with Crippen molar-refractivity contribution in [3.05, 3.63) is 29.8 Å². The Kier molecular flexibility index (Phi) is 6.40. The van der Waals surface area contributed by atoms with E-state index in [0.717, 1.165) is 18.5 Å². The normalized spacial score (nSPS) is 15.3. The minimum Gasteiger partial charge on any atom is -0.349 e. The summed E-state index contributed by atoms with van der Waals surface area (Å²) in [6.07, 6.45) is 6.25. The van der Waals surface area contributed by atoms with E-state index in [1.54, 1.807) is 24.3 Å². The Morgan fingerprint density at radius 2 is 1.77 bits per heavy atom. The van der Waals surface area contributed by atoms with Gasteiger partial charge in [0.1, 0.15) is 0 Å². The van der Waals surface area contributed by atoms with Gasteiger partial charge in [-0.2, -0.15) is 0 Å². The van der Waals surface area contributed by atoms with Crippen LogP contribution in [0.5, 0.6) is 0 Å². The van der Waals surface area contributed by atoms with E-state index < -0.39 is 0 Å². The molecule has 1 aliphatic carbocycles. The molecule has 0 spiro atoms. The van der Waals surface area contributed by atoms with E-state index in [9.17, 15) is 9.59 Å².